The highest BCUT2D eigenvalue weighted by molar-refractivity contribution is 14.0. The Morgan fingerprint density at radius 1 is 1.22 bits per heavy atom. The summed E-state index contributed by atoms with van der Waals surface area (Å²) in [6.07, 6.45) is 6.39. The number of aliphatic imine (C=N–C) groups is 1. The second-order valence-corrected chi connectivity index (χ2v) is 7.18. The van der Waals surface area contributed by atoms with E-state index in [0.717, 1.165) is 18.1 Å². The molecular formula is C22H26FIN6O2. The van der Waals surface area contributed by atoms with Gasteiger partial charge in [-0.1, -0.05) is 6.07 Å². The van der Waals surface area contributed by atoms with Crippen LogP contribution in [0.4, 0.5) is 4.39 Å². The molecule has 32 heavy (non-hydrogen) atoms. The maximum absolute atomic E-state index is 14.5. The smallest absolute Gasteiger partial charge is 0.289 e. The fourth-order valence-corrected chi connectivity index (χ4v) is 3.53. The summed E-state index contributed by atoms with van der Waals surface area (Å²) in [5, 5.41) is 3.29. The van der Waals surface area contributed by atoms with Gasteiger partial charge >= 0.3 is 0 Å². The van der Waals surface area contributed by atoms with Gasteiger partial charge in [0.15, 0.2) is 11.7 Å². The Bertz CT molecular complexity index is 1030. The number of halogens is 2. The molecule has 8 nitrogen and oxygen atoms in total. The number of hydrogen-bond donors (Lipinski definition) is 1. The largest absolute Gasteiger partial charge is 0.459 e. The molecule has 0 aliphatic carbocycles. The van der Waals surface area contributed by atoms with Crippen molar-refractivity contribution in [3.05, 3.63) is 72.5 Å². The highest BCUT2D eigenvalue weighted by Crippen LogP contribution is 2.16. The van der Waals surface area contributed by atoms with Crippen molar-refractivity contribution in [3.63, 3.8) is 0 Å². The van der Waals surface area contributed by atoms with Gasteiger partial charge in [-0.3, -0.25) is 4.79 Å². The van der Waals surface area contributed by atoms with Crippen LogP contribution in [-0.2, 0) is 6.54 Å². The number of hydrogen-bond acceptors (Lipinski definition) is 4. The van der Waals surface area contributed by atoms with Crippen LogP contribution in [0, 0.1) is 5.82 Å². The van der Waals surface area contributed by atoms with Crippen molar-refractivity contribution in [2.45, 2.75) is 13.5 Å². The molecule has 10 heteroatoms. The Balaban J connectivity index is 0.00000289. The molecule has 0 radical (unpaired) electrons. The molecule has 170 valence electrons. The number of amides is 1. The van der Waals surface area contributed by atoms with Crippen LogP contribution in [0.2, 0.25) is 0 Å². The number of nitrogens with zero attached hydrogens (tertiary/aromatic N) is 5. The number of piperazine rings is 1. The number of aromatic nitrogens is 2. The molecule has 4 rings (SSSR count). The van der Waals surface area contributed by atoms with Gasteiger partial charge in [-0.2, -0.15) is 0 Å². The van der Waals surface area contributed by atoms with E-state index in [-0.39, 0.29) is 35.7 Å². The van der Waals surface area contributed by atoms with Crippen LogP contribution >= 0.6 is 24.0 Å². The topological polar surface area (TPSA) is 78.9 Å². The maximum Gasteiger partial charge on any atom is 0.289 e. The summed E-state index contributed by atoms with van der Waals surface area (Å²) < 4.78 is 21.4. The Morgan fingerprint density at radius 2 is 2.00 bits per heavy atom. The van der Waals surface area contributed by atoms with Gasteiger partial charge in [0.05, 0.1) is 24.8 Å². The predicted octanol–water partition coefficient (Wildman–Crippen LogP) is 3.15. The van der Waals surface area contributed by atoms with Crippen molar-refractivity contribution in [1.29, 1.82) is 0 Å². The van der Waals surface area contributed by atoms with Crippen molar-refractivity contribution in [2.75, 3.05) is 32.7 Å². The number of imidazole rings is 1. The van der Waals surface area contributed by atoms with E-state index >= 15 is 0 Å². The monoisotopic (exact) mass is 552 g/mol. The zero-order valence-electron chi connectivity index (χ0n) is 17.8. The minimum absolute atomic E-state index is 0. The van der Waals surface area contributed by atoms with Gasteiger partial charge < -0.3 is 24.1 Å². The third-order valence-electron chi connectivity index (χ3n) is 5.14. The summed E-state index contributed by atoms with van der Waals surface area (Å²) in [6.45, 7) is 5.56. The van der Waals surface area contributed by atoms with E-state index in [1.54, 1.807) is 46.4 Å². The Morgan fingerprint density at radius 3 is 2.62 bits per heavy atom. The highest BCUT2D eigenvalue weighted by Gasteiger charge is 2.25. The first-order valence-corrected chi connectivity index (χ1v) is 10.3. The minimum Gasteiger partial charge on any atom is -0.459 e. The van der Waals surface area contributed by atoms with Gasteiger partial charge in [-0.15, -0.1) is 24.0 Å². The van der Waals surface area contributed by atoms with Gasteiger partial charge in [-0.25, -0.2) is 14.4 Å². The highest BCUT2D eigenvalue weighted by atomic mass is 127. The number of carbonyl (C=O) groups is 1. The van der Waals surface area contributed by atoms with E-state index in [1.165, 1.54) is 12.3 Å². The standard InChI is InChI=1S/C22H25FN6O2.HI/c1-2-25-22(28-11-9-27(10-12-28)21(30)20-4-3-13-31-20)26-15-17-5-6-19(18(23)14-17)29-8-7-24-16-29;/h3-8,13-14,16H,2,9-12,15H2,1H3,(H,25,26);1H. The number of benzene rings is 1. The average Bonchev–Trinajstić information content (AvgIpc) is 3.51. The first-order chi connectivity index (χ1) is 15.2. The molecule has 1 N–H and O–H groups in total. The van der Waals surface area contributed by atoms with Crippen LogP contribution < -0.4 is 5.32 Å². The molecule has 0 bridgehead atoms. The number of furan rings is 1. The molecule has 0 atom stereocenters. The minimum atomic E-state index is -0.319. The molecule has 1 aromatic carbocycles. The first kappa shape index (κ1) is 23.8. The van der Waals surface area contributed by atoms with Crippen LogP contribution in [0.25, 0.3) is 5.69 Å². The first-order valence-electron chi connectivity index (χ1n) is 10.3. The number of nitrogens with one attached hydrogen (secondary N) is 1. The number of carbonyl (C=O) groups excluding carboxylic acids is 1. The molecule has 3 heterocycles. The molecule has 1 aliphatic heterocycles. The van der Waals surface area contributed by atoms with Crippen molar-refractivity contribution < 1.29 is 13.6 Å². The molecular weight excluding hydrogens is 526 g/mol. The van der Waals surface area contributed by atoms with E-state index in [2.05, 4.69) is 20.2 Å². The third-order valence-corrected chi connectivity index (χ3v) is 5.14. The Hall–Kier alpha value is -2.89. The lowest BCUT2D eigenvalue weighted by atomic mass is 10.2. The molecule has 1 saturated heterocycles. The summed E-state index contributed by atoms with van der Waals surface area (Å²) in [5.74, 6) is 0.697. The predicted molar refractivity (Wildman–Crippen MR) is 130 cm³/mol. The molecule has 0 unspecified atom stereocenters. The normalized spacial score (nSPS) is 14.2. The van der Waals surface area contributed by atoms with E-state index in [0.29, 0.717) is 44.2 Å². The lowest BCUT2D eigenvalue weighted by Gasteiger charge is -2.36. The van der Waals surface area contributed by atoms with Crippen molar-refractivity contribution in [3.8, 4) is 5.69 Å². The molecule has 0 spiro atoms. The summed E-state index contributed by atoms with van der Waals surface area (Å²) >= 11 is 0. The molecule has 2 aromatic heterocycles. The van der Waals surface area contributed by atoms with Crippen molar-refractivity contribution in [2.24, 2.45) is 4.99 Å². The van der Waals surface area contributed by atoms with E-state index < -0.39 is 0 Å². The third kappa shape index (κ3) is 5.47. The SMILES string of the molecule is CCNC(=NCc1ccc(-n2ccnc2)c(F)c1)N1CCN(C(=O)c2ccco2)CC1.I. The summed E-state index contributed by atoms with van der Waals surface area (Å²) in [7, 11) is 0. The quantitative estimate of drug-likeness (QED) is 0.299. The van der Waals surface area contributed by atoms with Crippen LogP contribution in [0.15, 0.2) is 64.7 Å². The second kappa shape index (κ2) is 11.1. The summed E-state index contributed by atoms with van der Waals surface area (Å²) in [5.41, 5.74) is 1.23. The van der Waals surface area contributed by atoms with E-state index in [4.69, 9.17) is 4.42 Å². The second-order valence-electron chi connectivity index (χ2n) is 7.18. The maximum atomic E-state index is 14.5. The van der Waals surface area contributed by atoms with Gasteiger partial charge in [0, 0.05) is 45.1 Å². The van der Waals surface area contributed by atoms with Gasteiger partial charge in [0.25, 0.3) is 5.91 Å². The molecule has 1 fully saturated rings. The average molecular weight is 552 g/mol. The zero-order chi connectivity index (χ0) is 21.6. The van der Waals surface area contributed by atoms with E-state index in [1.807, 2.05) is 13.0 Å². The lowest BCUT2D eigenvalue weighted by molar-refractivity contribution is 0.0657. The lowest BCUT2D eigenvalue weighted by Crippen LogP contribution is -2.53. The number of rotatable bonds is 5. The van der Waals surface area contributed by atoms with Crippen LogP contribution in [0.3, 0.4) is 0 Å². The molecule has 1 amide bonds. The summed E-state index contributed by atoms with van der Waals surface area (Å²) in [4.78, 5) is 25.0. The van der Waals surface area contributed by atoms with Crippen molar-refractivity contribution in [1.82, 2.24) is 24.7 Å². The fraction of sp³-hybridized carbons (Fsp3) is 0.318. The van der Waals surface area contributed by atoms with Gasteiger partial charge in [0.1, 0.15) is 5.82 Å². The Labute approximate surface area is 203 Å². The number of guanidine groups is 1. The van der Waals surface area contributed by atoms with Gasteiger partial charge in [0.2, 0.25) is 0 Å². The zero-order valence-corrected chi connectivity index (χ0v) is 20.1. The van der Waals surface area contributed by atoms with Crippen LogP contribution in [-0.4, -0.2) is 63.9 Å². The molecule has 0 saturated carbocycles. The Kier molecular flexibility index (Phi) is 8.26. The summed E-state index contributed by atoms with van der Waals surface area (Å²) in [6, 6.07) is 8.49. The van der Waals surface area contributed by atoms with Crippen molar-refractivity contribution >= 4 is 35.8 Å². The van der Waals surface area contributed by atoms with E-state index in [9.17, 15) is 9.18 Å². The van der Waals surface area contributed by atoms with Crippen LogP contribution in [0.5, 0.6) is 0 Å². The van der Waals surface area contributed by atoms with Crippen LogP contribution in [0.1, 0.15) is 23.0 Å². The fourth-order valence-electron chi connectivity index (χ4n) is 3.53. The molecule has 3 aromatic rings. The van der Waals surface area contributed by atoms with Gasteiger partial charge in [-0.05, 0) is 36.8 Å². The molecule has 1 aliphatic rings.